The van der Waals surface area contributed by atoms with Crippen molar-refractivity contribution in [3.05, 3.63) is 30.1 Å². The Morgan fingerprint density at radius 3 is 2.91 bits per heavy atom. The number of nitrogens with zero attached hydrogens (tertiary/aromatic N) is 2. The lowest BCUT2D eigenvalue weighted by molar-refractivity contribution is -0.0807. The predicted molar refractivity (Wildman–Crippen MR) is 84.2 cm³/mol. The lowest BCUT2D eigenvalue weighted by Crippen LogP contribution is -2.44. The predicted octanol–water partition coefficient (Wildman–Crippen LogP) is 1.32. The molecule has 0 bridgehead atoms. The van der Waals surface area contributed by atoms with Crippen LogP contribution in [0.5, 0.6) is 0 Å². The van der Waals surface area contributed by atoms with Gasteiger partial charge in [0.25, 0.3) is 0 Å². The summed E-state index contributed by atoms with van der Waals surface area (Å²) in [6, 6.07) is 5.63. The average Bonchev–Trinajstić information content (AvgIpc) is 3.37. The summed E-state index contributed by atoms with van der Waals surface area (Å²) in [4.78, 5) is 4.25. The SMILES string of the molecule is O=S(=O)(C1CC1)N1C[C@@H](OCc2ccccn2)[C@@H]2OCCC[C@@H]21. The van der Waals surface area contributed by atoms with E-state index in [1.807, 2.05) is 18.2 Å². The van der Waals surface area contributed by atoms with Gasteiger partial charge in [0, 0.05) is 19.3 Å². The van der Waals surface area contributed by atoms with Gasteiger partial charge in [0.2, 0.25) is 10.0 Å². The molecule has 1 saturated carbocycles. The molecule has 7 heteroatoms. The van der Waals surface area contributed by atoms with E-state index in [0.717, 1.165) is 31.4 Å². The van der Waals surface area contributed by atoms with Crippen molar-refractivity contribution in [2.75, 3.05) is 13.2 Å². The van der Waals surface area contributed by atoms with Crippen LogP contribution in [0, 0.1) is 0 Å². The molecule has 2 aliphatic heterocycles. The van der Waals surface area contributed by atoms with Crippen molar-refractivity contribution in [3.8, 4) is 0 Å². The number of hydrogen-bond acceptors (Lipinski definition) is 5. The molecule has 3 fully saturated rings. The first-order valence-corrected chi connectivity index (χ1v) is 9.80. The van der Waals surface area contributed by atoms with E-state index < -0.39 is 10.0 Å². The summed E-state index contributed by atoms with van der Waals surface area (Å²) in [5, 5.41) is -0.181. The summed E-state index contributed by atoms with van der Waals surface area (Å²) in [5.74, 6) is 0. The molecule has 23 heavy (non-hydrogen) atoms. The van der Waals surface area contributed by atoms with E-state index in [2.05, 4.69) is 4.98 Å². The van der Waals surface area contributed by atoms with Gasteiger partial charge in [-0.15, -0.1) is 0 Å². The maximum absolute atomic E-state index is 12.7. The third kappa shape index (κ3) is 3.03. The fourth-order valence-corrected chi connectivity index (χ4v) is 5.61. The van der Waals surface area contributed by atoms with Crippen molar-refractivity contribution < 1.29 is 17.9 Å². The van der Waals surface area contributed by atoms with Gasteiger partial charge in [-0.05, 0) is 37.8 Å². The minimum Gasteiger partial charge on any atom is -0.374 e. The summed E-state index contributed by atoms with van der Waals surface area (Å²) in [6.07, 6.45) is 4.71. The molecule has 1 aromatic heterocycles. The summed E-state index contributed by atoms with van der Waals surface area (Å²) in [6.45, 7) is 1.47. The van der Waals surface area contributed by atoms with E-state index in [1.54, 1.807) is 10.5 Å². The number of ether oxygens (including phenoxy) is 2. The van der Waals surface area contributed by atoms with Gasteiger partial charge < -0.3 is 9.47 Å². The first kappa shape index (κ1) is 15.5. The number of sulfonamides is 1. The van der Waals surface area contributed by atoms with Crippen molar-refractivity contribution in [2.24, 2.45) is 0 Å². The smallest absolute Gasteiger partial charge is 0.217 e. The van der Waals surface area contributed by atoms with Gasteiger partial charge in [0.1, 0.15) is 6.10 Å². The maximum atomic E-state index is 12.7. The Hall–Kier alpha value is -1.02. The summed E-state index contributed by atoms with van der Waals surface area (Å²) < 4.78 is 38.9. The zero-order valence-corrected chi connectivity index (χ0v) is 13.8. The first-order valence-electron chi connectivity index (χ1n) is 8.30. The Bertz CT molecular complexity index is 647. The number of pyridine rings is 1. The molecule has 3 heterocycles. The Balaban J connectivity index is 1.49. The largest absolute Gasteiger partial charge is 0.374 e. The molecule has 4 rings (SSSR count). The van der Waals surface area contributed by atoms with Crippen LogP contribution in [0.1, 0.15) is 31.4 Å². The fraction of sp³-hybridized carbons (Fsp3) is 0.688. The third-order valence-corrected chi connectivity index (χ3v) is 7.26. The number of fused-ring (bicyclic) bond motifs is 1. The van der Waals surface area contributed by atoms with Crippen LogP contribution in [0.4, 0.5) is 0 Å². The first-order chi connectivity index (χ1) is 11.2. The van der Waals surface area contributed by atoms with Crippen molar-refractivity contribution in [3.63, 3.8) is 0 Å². The molecule has 1 aromatic rings. The Labute approximate surface area is 136 Å². The molecule has 3 atom stereocenters. The van der Waals surface area contributed by atoms with Crippen LogP contribution in [-0.4, -0.2) is 54.4 Å². The molecular formula is C16H22N2O4S. The van der Waals surface area contributed by atoms with Gasteiger partial charge in [0.05, 0.1) is 29.7 Å². The van der Waals surface area contributed by atoms with Crippen molar-refractivity contribution in [1.29, 1.82) is 0 Å². The molecule has 0 aromatic carbocycles. The molecule has 0 radical (unpaired) electrons. The molecule has 126 valence electrons. The Morgan fingerprint density at radius 2 is 2.17 bits per heavy atom. The Morgan fingerprint density at radius 1 is 1.30 bits per heavy atom. The van der Waals surface area contributed by atoms with E-state index in [-0.39, 0.29) is 23.5 Å². The number of aromatic nitrogens is 1. The molecular weight excluding hydrogens is 316 g/mol. The zero-order chi connectivity index (χ0) is 15.9. The topological polar surface area (TPSA) is 68.7 Å². The van der Waals surface area contributed by atoms with Crippen LogP contribution in [0.2, 0.25) is 0 Å². The van der Waals surface area contributed by atoms with Gasteiger partial charge in [-0.2, -0.15) is 4.31 Å². The molecule has 1 aliphatic carbocycles. The van der Waals surface area contributed by atoms with E-state index in [1.165, 1.54) is 0 Å². The van der Waals surface area contributed by atoms with Gasteiger partial charge in [-0.3, -0.25) is 4.98 Å². The summed E-state index contributed by atoms with van der Waals surface area (Å²) >= 11 is 0. The van der Waals surface area contributed by atoms with Crippen LogP contribution >= 0.6 is 0 Å². The fourth-order valence-electron chi connectivity index (χ4n) is 3.54. The van der Waals surface area contributed by atoms with E-state index in [4.69, 9.17) is 9.47 Å². The van der Waals surface area contributed by atoms with Crippen molar-refractivity contribution in [1.82, 2.24) is 9.29 Å². The van der Waals surface area contributed by atoms with Gasteiger partial charge in [-0.25, -0.2) is 8.42 Å². The molecule has 2 saturated heterocycles. The molecule has 3 aliphatic rings. The lowest BCUT2D eigenvalue weighted by Gasteiger charge is -2.31. The number of rotatable bonds is 5. The van der Waals surface area contributed by atoms with Crippen LogP contribution in [0.25, 0.3) is 0 Å². The standard InChI is InChI=1S/C16H22N2O4S/c19-23(20,13-6-7-13)18-10-15(16-14(18)5-3-9-21-16)22-11-12-4-1-2-8-17-12/h1-2,4,8,13-16H,3,5-7,9-11H2/t14-,15+,16+/m0/s1. The maximum Gasteiger partial charge on any atom is 0.217 e. The van der Waals surface area contributed by atoms with Gasteiger partial charge in [0.15, 0.2) is 0 Å². The summed E-state index contributed by atoms with van der Waals surface area (Å²) in [5.41, 5.74) is 0.850. The highest BCUT2D eigenvalue weighted by atomic mass is 32.2. The monoisotopic (exact) mass is 338 g/mol. The Kier molecular flexibility index (Phi) is 4.13. The molecule has 0 N–H and O–H groups in total. The second-order valence-corrected chi connectivity index (χ2v) is 8.70. The molecule has 0 unspecified atom stereocenters. The van der Waals surface area contributed by atoms with Crippen LogP contribution < -0.4 is 0 Å². The van der Waals surface area contributed by atoms with Crippen LogP contribution in [0.3, 0.4) is 0 Å². The quantitative estimate of drug-likeness (QED) is 0.810. The van der Waals surface area contributed by atoms with Crippen LogP contribution in [-0.2, 0) is 26.1 Å². The second kappa shape index (κ2) is 6.12. The molecule has 6 nitrogen and oxygen atoms in total. The highest BCUT2D eigenvalue weighted by molar-refractivity contribution is 7.90. The third-order valence-electron chi connectivity index (χ3n) is 4.87. The van der Waals surface area contributed by atoms with E-state index >= 15 is 0 Å². The zero-order valence-electron chi connectivity index (χ0n) is 13.0. The highest BCUT2D eigenvalue weighted by Gasteiger charge is 2.52. The molecule has 0 amide bonds. The number of hydrogen-bond donors (Lipinski definition) is 0. The second-order valence-electron chi connectivity index (χ2n) is 6.53. The average molecular weight is 338 g/mol. The van der Waals surface area contributed by atoms with Crippen molar-refractivity contribution in [2.45, 2.75) is 55.8 Å². The summed E-state index contributed by atoms with van der Waals surface area (Å²) in [7, 11) is -3.19. The van der Waals surface area contributed by atoms with Crippen LogP contribution in [0.15, 0.2) is 24.4 Å². The van der Waals surface area contributed by atoms with E-state index in [9.17, 15) is 8.42 Å². The molecule has 0 spiro atoms. The minimum atomic E-state index is -3.19. The lowest BCUT2D eigenvalue weighted by atomic mass is 10.0. The highest BCUT2D eigenvalue weighted by Crippen LogP contribution is 2.39. The normalized spacial score (nSPS) is 31.9. The minimum absolute atomic E-state index is 0.0666. The van der Waals surface area contributed by atoms with Gasteiger partial charge in [-0.1, -0.05) is 6.07 Å². The van der Waals surface area contributed by atoms with E-state index in [0.29, 0.717) is 19.8 Å². The van der Waals surface area contributed by atoms with Crippen molar-refractivity contribution >= 4 is 10.0 Å². The van der Waals surface area contributed by atoms with Gasteiger partial charge >= 0.3 is 0 Å².